The van der Waals surface area contributed by atoms with E-state index >= 15 is 0 Å². The Kier molecular flexibility index (Phi) is 7.15. The summed E-state index contributed by atoms with van der Waals surface area (Å²) in [6.07, 6.45) is -2.04. The molecule has 4 aromatic rings. The summed E-state index contributed by atoms with van der Waals surface area (Å²) in [5.41, 5.74) is 0.649. The lowest BCUT2D eigenvalue weighted by Crippen LogP contribution is -2.15. The van der Waals surface area contributed by atoms with Gasteiger partial charge in [-0.15, -0.1) is 0 Å². The summed E-state index contributed by atoms with van der Waals surface area (Å²) in [6.45, 7) is 0. The molecule has 2 heterocycles. The Balaban J connectivity index is 1.75. The number of carbonyl (C=O) groups is 1. The minimum Gasteiger partial charge on any atom is -0.497 e. The molecule has 0 radical (unpaired) electrons. The summed E-state index contributed by atoms with van der Waals surface area (Å²) >= 11 is 0. The number of nitriles is 1. The molecule has 2 aromatic carbocycles. The Morgan fingerprint density at radius 3 is 2.65 bits per heavy atom. The van der Waals surface area contributed by atoms with E-state index in [9.17, 15) is 18.0 Å². The fourth-order valence-electron chi connectivity index (χ4n) is 3.76. The maximum Gasteiger partial charge on any atom is 0.260 e. The van der Waals surface area contributed by atoms with Crippen LogP contribution in [0.1, 0.15) is 21.5 Å². The van der Waals surface area contributed by atoms with Crippen LogP contribution in [0.4, 0.5) is 30.5 Å². The molecule has 0 aliphatic rings. The van der Waals surface area contributed by atoms with Crippen molar-refractivity contribution >= 4 is 34.3 Å². The lowest BCUT2D eigenvalue weighted by molar-refractivity contribution is 0.102. The number of fused-ring (bicyclic) bond motifs is 1. The van der Waals surface area contributed by atoms with Crippen molar-refractivity contribution in [2.75, 3.05) is 24.9 Å². The van der Waals surface area contributed by atoms with Crippen LogP contribution >= 0.6 is 0 Å². The average Bonchev–Trinajstić information content (AvgIpc) is 3.25. The molecule has 0 bridgehead atoms. The number of aromatic nitrogens is 3. The Morgan fingerprint density at radius 1 is 1.19 bits per heavy atom. The highest BCUT2D eigenvalue weighted by Gasteiger charge is 2.20. The number of imidazole rings is 1. The molecule has 4 rings (SSSR count). The van der Waals surface area contributed by atoms with Crippen LogP contribution in [-0.4, -0.2) is 41.1 Å². The van der Waals surface area contributed by atoms with Crippen LogP contribution in [0.25, 0.3) is 11.0 Å². The first kappa shape index (κ1) is 25.3. The molecule has 2 N–H and O–H groups in total. The molecule has 0 spiro atoms. The van der Waals surface area contributed by atoms with Gasteiger partial charge in [0.2, 0.25) is 6.43 Å². The number of amides is 1. The van der Waals surface area contributed by atoms with E-state index in [0.29, 0.717) is 16.8 Å². The number of hydrogen-bond acceptors (Lipinski definition) is 7. The molecule has 0 unspecified atom stereocenters. The van der Waals surface area contributed by atoms with Gasteiger partial charge in [0.1, 0.15) is 28.7 Å². The second-order valence-corrected chi connectivity index (χ2v) is 7.92. The molecule has 1 amide bonds. The summed E-state index contributed by atoms with van der Waals surface area (Å²) < 4.78 is 53.3. The van der Waals surface area contributed by atoms with Gasteiger partial charge in [0.25, 0.3) is 5.91 Å². The van der Waals surface area contributed by atoms with Crippen molar-refractivity contribution in [1.82, 2.24) is 14.5 Å². The highest BCUT2D eigenvalue weighted by Crippen LogP contribution is 2.31. The zero-order valence-electron chi connectivity index (χ0n) is 20.0. The first-order valence-electron chi connectivity index (χ1n) is 10.9. The van der Waals surface area contributed by atoms with E-state index in [2.05, 4.69) is 20.6 Å². The summed E-state index contributed by atoms with van der Waals surface area (Å²) in [6, 6.07) is 10.1. The highest BCUT2D eigenvalue weighted by atomic mass is 19.3. The fourth-order valence-corrected chi connectivity index (χ4v) is 3.76. The number of benzene rings is 2. The maximum atomic E-state index is 14.8. The predicted molar refractivity (Wildman–Crippen MR) is 130 cm³/mol. The number of rotatable bonds is 8. The second kappa shape index (κ2) is 10.4. The van der Waals surface area contributed by atoms with E-state index in [1.165, 1.54) is 38.7 Å². The molecule has 0 saturated carbocycles. The topological polar surface area (TPSA) is 114 Å². The lowest BCUT2D eigenvalue weighted by Gasteiger charge is -2.15. The molecule has 37 heavy (non-hydrogen) atoms. The predicted octanol–water partition coefficient (Wildman–Crippen LogP) is 4.80. The molecule has 0 saturated heterocycles. The number of nitrogens with one attached hydrogen (secondary N) is 2. The van der Waals surface area contributed by atoms with Crippen LogP contribution in [0.2, 0.25) is 0 Å². The number of ether oxygens (including phenoxy) is 2. The van der Waals surface area contributed by atoms with Gasteiger partial charge in [-0.1, -0.05) is 0 Å². The summed E-state index contributed by atoms with van der Waals surface area (Å²) in [7, 11) is 4.61. The molecular formula is C25H21F3N6O3. The van der Waals surface area contributed by atoms with Gasteiger partial charge in [0.15, 0.2) is 5.82 Å². The number of hydrogen-bond donors (Lipinski definition) is 2. The van der Waals surface area contributed by atoms with Crippen LogP contribution in [0.5, 0.6) is 11.5 Å². The largest absolute Gasteiger partial charge is 0.497 e. The molecule has 190 valence electrons. The van der Waals surface area contributed by atoms with Gasteiger partial charge >= 0.3 is 0 Å². The van der Waals surface area contributed by atoms with E-state index < -0.39 is 24.6 Å². The van der Waals surface area contributed by atoms with Crippen molar-refractivity contribution < 1.29 is 27.4 Å². The number of pyridine rings is 1. The smallest absolute Gasteiger partial charge is 0.260 e. The van der Waals surface area contributed by atoms with Crippen molar-refractivity contribution in [3.8, 4) is 17.6 Å². The lowest BCUT2D eigenvalue weighted by atomic mass is 10.1. The summed E-state index contributed by atoms with van der Waals surface area (Å²) in [5.74, 6) is -0.581. The number of aryl methyl sites for hydroxylation is 1. The summed E-state index contributed by atoms with van der Waals surface area (Å²) in [4.78, 5) is 21.8. The molecule has 0 fully saturated rings. The molecule has 2 aromatic heterocycles. The van der Waals surface area contributed by atoms with Crippen molar-refractivity contribution in [1.29, 1.82) is 5.26 Å². The second-order valence-electron chi connectivity index (χ2n) is 7.92. The Morgan fingerprint density at radius 2 is 1.97 bits per heavy atom. The third-order valence-corrected chi connectivity index (χ3v) is 5.53. The number of nitrogens with zero attached hydrogens (tertiary/aromatic N) is 4. The van der Waals surface area contributed by atoms with Gasteiger partial charge in [0.05, 0.1) is 48.9 Å². The van der Waals surface area contributed by atoms with Crippen molar-refractivity contribution in [3.05, 3.63) is 65.2 Å². The van der Waals surface area contributed by atoms with E-state index in [-0.39, 0.29) is 39.8 Å². The molecule has 0 aliphatic heterocycles. The van der Waals surface area contributed by atoms with Crippen molar-refractivity contribution in [2.45, 2.75) is 12.8 Å². The first-order valence-corrected chi connectivity index (χ1v) is 10.9. The zero-order valence-corrected chi connectivity index (χ0v) is 20.0. The summed E-state index contributed by atoms with van der Waals surface area (Å²) in [5, 5.41) is 14.5. The van der Waals surface area contributed by atoms with Crippen molar-refractivity contribution in [2.24, 2.45) is 7.05 Å². The van der Waals surface area contributed by atoms with Crippen LogP contribution < -0.4 is 20.1 Å². The normalized spacial score (nSPS) is 10.9. The molecule has 0 aliphatic carbocycles. The third kappa shape index (κ3) is 5.25. The maximum absolute atomic E-state index is 14.8. The fraction of sp³-hybridized carbons (Fsp3) is 0.200. The molecule has 12 heteroatoms. The SMILES string of the molecule is COc1ccc(C(=O)Nc2nc(Nc3c(F)cc(C#N)cc3CC(F)F)cc3c2ncn3C)c(OC)c1. The Hall–Kier alpha value is -4.79. The quantitative estimate of drug-likeness (QED) is 0.350. The van der Waals surface area contributed by atoms with Crippen LogP contribution in [0.3, 0.4) is 0 Å². The van der Waals surface area contributed by atoms with Gasteiger partial charge in [0, 0.05) is 25.6 Å². The van der Waals surface area contributed by atoms with Gasteiger partial charge in [-0.25, -0.2) is 23.1 Å². The number of alkyl halides is 2. The van der Waals surface area contributed by atoms with E-state index in [1.54, 1.807) is 29.8 Å². The monoisotopic (exact) mass is 510 g/mol. The average molecular weight is 510 g/mol. The standard InChI is InChI=1S/C25H21F3N6O3/c1-34-12-30-23-18(34)10-21(31-22-14(8-20(27)28)6-13(11-29)7-17(22)26)32-24(23)33-25(35)16-5-4-15(36-2)9-19(16)37-3/h4-7,9-10,12,20H,8H2,1-3H3,(H2,31,32,33,35). The minimum atomic E-state index is -2.77. The number of carbonyl (C=O) groups excluding carboxylic acids is 1. The van der Waals surface area contributed by atoms with Crippen LogP contribution in [0.15, 0.2) is 42.7 Å². The first-order chi connectivity index (χ1) is 17.7. The highest BCUT2D eigenvalue weighted by molar-refractivity contribution is 6.09. The van der Waals surface area contributed by atoms with Crippen LogP contribution in [0, 0.1) is 17.1 Å². The zero-order chi connectivity index (χ0) is 26.7. The van der Waals surface area contributed by atoms with Gasteiger partial charge < -0.3 is 24.7 Å². The Labute approximate surface area is 209 Å². The van der Waals surface area contributed by atoms with Gasteiger partial charge in [-0.05, 0) is 29.8 Å². The molecule has 9 nitrogen and oxygen atoms in total. The van der Waals surface area contributed by atoms with Crippen molar-refractivity contribution in [3.63, 3.8) is 0 Å². The number of anilines is 3. The van der Waals surface area contributed by atoms with Crippen LogP contribution in [-0.2, 0) is 13.5 Å². The van der Waals surface area contributed by atoms with E-state index in [4.69, 9.17) is 14.7 Å². The number of methoxy groups -OCH3 is 2. The van der Waals surface area contributed by atoms with E-state index in [0.717, 1.165) is 6.07 Å². The minimum absolute atomic E-state index is 0.0490. The van der Waals surface area contributed by atoms with Gasteiger partial charge in [-0.2, -0.15) is 5.26 Å². The Bertz CT molecular complexity index is 1530. The third-order valence-electron chi connectivity index (χ3n) is 5.53. The molecular weight excluding hydrogens is 489 g/mol. The van der Waals surface area contributed by atoms with E-state index in [1.807, 2.05) is 0 Å². The molecule has 0 atom stereocenters. The number of halogens is 3. The van der Waals surface area contributed by atoms with Gasteiger partial charge in [-0.3, -0.25) is 4.79 Å².